The van der Waals surface area contributed by atoms with Gasteiger partial charge in [0.15, 0.2) is 6.29 Å². The maximum absolute atomic E-state index is 11.1. The van der Waals surface area contributed by atoms with Crippen molar-refractivity contribution in [3.63, 3.8) is 0 Å². The summed E-state index contributed by atoms with van der Waals surface area (Å²) in [4.78, 5) is 11.1. The predicted molar refractivity (Wildman–Crippen MR) is 76.3 cm³/mol. The molecule has 2 aromatic rings. The lowest BCUT2D eigenvalue weighted by Gasteiger charge is -2.15. The maximum Gasteiger partial charge on any atom is 0.152 e. The summed E-state index contributed by atoms with van der Waals surface area (Å²) in [6.07, 6.45) is 3.39. The number of hydrogen-bond donors (Lipinski definition) is 0. The van der Waals surface area contributed by atoms with Gasteiger partial charge >= 0.3 is 0 Å². The fourth-order valence-electron chi connectivity index (χ4n) is 2.03. The van der Waals surface area contributed by atoms with Crippen molar-refractivity contribution in [1.29, 1.82) is 5.26 Å². The van der Waals surface area contributed by atoms with Gasteiger partial charge in [-0.25, -0.2) is 0 Å². The molecule has 0 radical (unpaired) electrons. The van der Waals surface area contributed by atoms with E-state index in [0.717, 1.165) is 23.6 Å². The minimum atomic E-state index is -0.378. The summed E-state index contributed by atoms with van der Waals surface area (Å²) in [6, 6.07) is 7.77. The zero-order chi connectivity index (χ0) is 14.0. The monoisotopic (exact) mass is 274 g/mol. The first-order valence-corrected chi connectivity index (χ1v) is 6.49. The van der Waals surface area contributed by atoms with Crippen molar-refractivity contribution in [3.8, 4) is 6.07 Å². The highest BCUT2D eigenvalue weighted by molar-refractivity contribution is 6.31. The van der Waals surface area contributed by atoms with E-state index in [1.54, 1.807) is 6.07 Å². The van der Waals surface area contributed by atoms with E-state index in [1.165, 1.54) is 0 Å². The van der Waals surface area contributed by atoms with Crippen molar-refractivity contribution in [2.45, 2.75) is 26.8 Å². The molecular weight excluding hydrogens is 260 g/mol. The standard InChI is InChI=1S/C15H15ClN2O/c1-15(2,10-17)5-6-18-8-11(9-19)13-4-3-12(16)7-14(13)18/h3-4,7-9H,5-6H2,1-2H3. The van der Waals surface area contributed by atoms with E-state index in [2.05, 4.69) is 6.07 Å². The van der Waals surface area contributed by atoms with Gasteiger partial charge in [0.05, 0.1) is 17.0 Å². The molecule has 0 saturated carbocycles. The van der Waals surface area contributed by atoms with Crippen LogP contribution in [0, 0.1) is 16.7 Å². The molecule has 1 heterocycles. The molecule has 0 amide bonds. The van der Waals surface area contributed by atoms with E-state index < -0.39 is 0 Å². The second kappa shape index (κ2) is 5.07. The Kier molecular flexibility index (Phi) is 3.64. The molecule has 4 heteroatoms. The van der Waals surface area contributed by atoms with Gasteiger partial charge in [-0.15, -0.1) is 0 Å². The fourth-order valence-corrected chi connectivity index (χ4v) is 2.19. The topological polar surface area (TPSA) is 45.8 Å². The Morgan fingerprint density at radius 1 is 1.47 bits per heavy atom. The van der Waals surface area contributed by atoms with E-state index >= 15 is 0 Å². The molecule has 2 rings (SSSR count). The van der Waals surface area contributed by atoms with Gasteiger partial charge in [-0.1, -0.05) is 17.7 Å². The number of aryl methyl sites for hydroxylation is 1. The first-order chi connectivity index (χ1) is 8.96. The van der Waals surface area contributed by atoms with Crippen LogP contribution in [0.15, 0.2) is 24.4 Å². The molecule has 1 aromatic carbocycles. The Morgan fingerprint density at radius 3 is 2.84 bits per heavy atom. The lowest BCUT2D eigenvalue weighted by atomic mass is 9.91. The quantitative estimate of drug-likeness (QED) is 0.790. The van der Waals surface area contributed by atoms with Gasteiger partial charge in [0, 0.05) is 28.7 Å². The van der Waals surface area contributed by atoms with Crippen LogP contribution < -0.4 is 0 Å². The number of aromatic nitrogens is 1. The first kappa shape index (κ1) is 13.6. The van der Waals surface area contributed by atoms with Gasteiger partial charge in [0.2, 0.25) is 0 Å². The number of fused-ring (bicyclic) bond motifs is 1. The summed E-state index contributed by atoms with van der Waals surface area (Å²) in [5.74, 6) is 0. The Morgan fingerprint density at radius 2 is 2.21 bits per heavy atom. The molecule has 0 atom stereocenters. The van der Waals surface area contributed by atoms with Crippen LogP contribution >= 0.6 is 11.6 Å². The van der Waals surface area contributed by atoms with E-state index in [0.29, 0.717) is 17.1 Å². The van der Waals surface area contributed by atoms with Crippen molar-refractivity contribution in [1.82, 2.24) is 4.57 Å². The molecule has 0 spiro atoms. The van der Waals surface area contributed by atoms with Gasteiger partial charge < -0.3 is 4.57 Å². The summed E-state index contributed by atoms with van der Waals surface area (Å²) in [5.41, 5.74) is 1.21. The molecule has 0 unspecified atom stereocenters. The van der Waals surface area contributed by atoms with Crippen molar-refractivity contribution in [2.75, 3.05) is 0 Å². The fraction of sp³-hybridized carbons (Fsp3) is 0.333. The summed E-state index contributed by atoms with van der Waals surface area (Å²) >= 11 is 6.01. The number of aldehydes is 1. The van der Waals surface area contributed by atoms with Crippen LogP contribution in [0.2, 0.25) is 5.02 Å². The van der Waals surface area contributed by atoms with Crippen LogP contribution in [-0.4, -0.2) is 10.9 Å². The summed E-state index contributed by atoms with van der Waals surface area (Å²) in [5, 5.41) is 10.6. The molecule has 0 aliphatic rings. The first-order valence-electron chi connectivity index (χ1n) is 6.12. The third-order valence-electron chi connectivity index (χ3n) is 3.28. The van der Waals surface area contributed by atoms with Crippen molar-refractivity contribution in [2.24, 2.45) is 5.41 Å². The molecule has 0 saturated heterocycles. The van der Waals surface area contributed by atoms with E-state index in [1.807, 2.05) is 36.7 Å². The molecule has 1 aromatic heterocycles. The normalized spacial score (nSPS) is 11.5. The van der Waals surface area contributed by atoms with Crippen molar-refractivity contribution < 1.29 is 4.79 Å². The Hall–Kier alpha value is -1.79. The zero-order valence-electron chi connectivity index (χ0n) is 11.0. The van der Waals surface area contributed by atoms with Gasteiger partial charge in [-0.2, -0.15) is 5.26 Å². The second-order valence-corrected chi connectivity index (χ2v) is 5.74. The smallest absolute Gasteiger partial charge is 0.152 e. The summed E-state index contributed by atoms with van der Waals surface area (Å²) in [6.45, 7) is 4.50. The zero-order valence-corrected chi connectivity index (χ0v) is 11.7. The molecule has 0 bridgehead atoms. The molecule has 19 heavy (non-hydrogen) atoms. The van der Waals surface area contributed by atoms with E-state index in [9.17, 15) is 4.79 Å². The highest BCUT2D eigenvalue weighted by atomic mass is 35.5. The number of nitrogens with zero attached hydrogens (tertiary/aromatic N) is 2. The molecule has 98 valence electrons. The van der Waals surface area contributed by atoms with Crippen molar-refractivity contribution in [3.05, 3.63) is 35.0 Å². The molecule has 0 N–H and O–H groups in total. The number of halogens is 1. The Balaban J connectivity index is 2.41. The number of carbonyl (C=O) groups excluding carboxylic acids is 1. The van der Waals surface area contributed by atoms with Crippen LogP contribution in [0.3, 0.4) is 0 Å². The Bertz CT molecular complexity index is 665. The number of benzene rings is 1. The molecule has 0 aliphatic carbocycles. The predicted octanol–water partition coefficient (Wildman–Crippen LogP) is 4.05. The van der Waals surface area contributed by atoms with Gasteiger partial charge in [-0.3, -0.25) is 4.79 Å². The molecule has 0 aliphatic heterocycles. The number of nitriles is 1. The third kappa shape index (κ3) is 2.80. The summed E-state index contributed by atoms with van der Waals surface area (Å²) < 4.78 is 1.99. The van der Waals surface area contributed by atoms with Gasteiger partial charge in [0.1, 0.15) is 0 Å². The molecule has 0 fully saturated rings. The van der Waals surface area contributed by atoms with E-state index in [4.69, 9.17) is 16.9 Å². The molecular formula is C15H15ClN2O. The third-order valence-corrected chi connectivity index (χ3v) is 3.52. The highest BCUT2D eigenvalue weighted by Gasteiger charge is 2.17. The Labute approximate surface area is 117 Å². The largest absolute Gasteiger partial charge is 0.347 e. The number of hydrogen-bond acceptors (Lipinski definition) is 2. The lowest BCUT2D eigenvalue weighted by molar-refractivity contribution is 0.112. The van der Waals surface area contributed by atoms with Crippen LogP contribution in [0.25, 0.3) is 10.9 Å². The van der Waals surface area contributed by atoms with Gasteiger partial charge in [-0.05, 0) is 32.4 Å². The SMILES string of the molecule is CC(C)(C#N)CCn1cc(C=O)c2ccc(Cl)cc21. The average Bonchev–Trinajstić information content (AvgIpc) is 2.74. The lowest BCUT2D eigenvalue weighted by Crippen LogP contribution is -2.11. The van der Waals surface area contributed by atoms with Crippen LogP contribution in [-0.2, 0) is 6.54 Å². The summed E-state index contributed by atoms with van der Waals surface area (Å²) in [7, 11) is 0. The average molecular weight is 275 g/mol. The molecule has 3 nitrogen and oxygen atoms in total. The number of rotatable bonds is 4. The van der Waals surface area contributed by atoms with Crippen LogP contribution in [0.5, 0.6) is 0 Å². The van der Waals surface area contributed by atoms with Crippen LogP contribution in [0.1, 0.15) is 30.6 Å². The van der Waals surface area contributed by atoms with Crippen LogP contribution in [0.4, 0.5) is 0 Å². The van der Waals surface area contributed by atoms with Crippen molar-refractivity contribution >= 4 is 28.8 Å². The highest BCUT2D eigenvalue weighted by Crippen LogP contribution is 2.26. The minimum absolute atomic E-state index is 0.378. The minimum Gasteiger partial charge on any atom is -0.347 e. The second-order valence-electron chi connectivity index (χ2n) is 5.30. The van der Waals surface area contributed by atoms with Gasteiger partial charge in [0.25, 0.3) is 0 Å². The number of carbonyl (C=O) groups is 1. The van der Waals surface area contributed by atoms with E-state index in [-0.39, 0.29) is 5.41 Å². The maximum atomic E-state index is 11.1.